The molecule has 0 bridgehead atoms. The molecule has 1 unspecified atom stereocenters. The first kappa shape index (κ1) is 14.0. The molecule has 0 heterocycles. The van der Waals surface area contributed by atoms with Crippen LogP contribution in [0.4, 0.5) is 0 Å². The number of carbonyl (C=O) groups is 1. The highest BCUT2D eigenvalue weighted by molar-refractivity contribution is 5.87. The molecule has 1 aliphatic rings. The highest BCUT2D eigenvalue weighted by Gasteiger charge is 2.21. The maximum absolute atomic E-state index is 11.5. The quantitative estimate of drug-likeness (QED) is 0.309. The van der Waals surface area contributed by atoms with Crippen LogP contribution in [0.1, 0.15) is 39.5 Å². The fraction of sp³-hybridized carbons (Fsp3) is 0.643. The Morgan fingerprint density at radius 2 is 2.35 bits per heavy atom. The van der Waals surface area contributed by atoms with E-state index in [1.165, 1.54) is 0 Å². The molecule has 0 N–H and O–H groups in total. The van der Waals surface area contributed by atoms with Crippen molar-refractivity contribution >= 4 is 5.97 Å². The van der Waals surface area contributed by atoms with Crippen molar-refractivity contribution in [2.24, 2.45) is 0 Å². The molecule has 0 amide bonds. The van der Waals surface area contributed by atoms with Gasteiger partial charge in [-0.05, 0) is 38.2 Å². The van der Waals surface area contributed by atoms with Crippen molar-refractivity contribution in [2.45, 2.75) is 45.6 Å². The molecule has 0 spiro atoms. The van der Waals surface area contributed by atoms with Crippen molar-refractivity contribution in [3.05, 3.63) is 23.8 Å². The van der Waals surface area contributed by atoms with Gasteiger partial charge in [0.05, 0.1) is 6.61 Å². The molecule has 96 valence electrons. The summed E-state index contributed by atoms with van der Waals surface area (Å²) in [6.45, 7) is 8.66. The van der Waals surface area contributed by atoms with E-state index < -0.39 is 0 Å². The molecular formula is C14H22O3. The minimum Gasteiger partial charge on any atom is -0.454 e. The molecule has 3 nitrogen and oxygen atoms in total. The van der Waals surface area contributed by atoms with E-state index in [4.69, 9.17) is 9.47 Å². The standard InChI is InChI=1S/C14H22O3/c1-4-9-16-10-12-7-5-6-8-13(12)17-14(15)11(2)3/h7,13H,2,4-6,8-10H2,1,3H3. The third-order valence-electron chi connectivity index (χ3n) is 2.71. The van der Waals surface area contributed by atoms with Crippen LogP contribution in [0.25, 0.3) is 0 Å². The molecular weight excluding hydrogens is 216 g/mol. The lowest BCUT2D eigenvalue weighted by Gasteiger charge is -2.24. The van der Waals surface area contributed by atoms with Crippen LogP contribution >= 0.6 is 0 Å². The Hall–Kier alpha value is -1.09. The first-order chi connectivity index (χ1) is 8.15. The second kappa shape index (κ2) is 7.28. The smallest absolute Gasteiger partial charge is 0.333 e. The molecule has 3 heteroatoms. The Labute approximate surface area is 103 Å². The second-order valence-corrected chi connectivity index (χ2v) is 4.44. The zero-order chi connectivity index (χ0) is 12.7. The SMILES string of the molecule is C=C(C)C(=O)OC1CCCC=C1COCCC. The minimum absolute atomic E-state index is 0.121. The van der Waals surface area contributed by atoms with Crippen molar-refractivity contribution in [2.75, 3.05) is 13.2 Å². The predicted octanol–water partition coefficient (Wildman–Crippen LogP) is 3.01. The summed E-state index contributed by atoms with van der Waals surface area (Å²) in [5, 5.41) is 0. The zero-order valence-corrected chi connectivity index (χ0v) is 10.8. The van der Waals surface area contributed by atoms with Crippen LogP contribution in [0.15, 0.2) is 23.8 Å². The molecule has 0 aromatic rings. The molecule has 0 fully saturated rings. The van der Waals surface area contributed by atoms with Gasteiger partial charge in [0, 0.05) is 12.2 Å². The van der Waals surface area contributed by atoms with Crippen LogP contribution in [0.2, 0.25) is 0 Å². The van der Waals surface area contributed by atoms with Gasteiger partial charge >= 0.3 is 5.97 Å². The molecule has 0 saturated carbocycles. The minimum atomic E-state index is -0.307. The predicted molar refractivity (Wildman–Crippen MR) is 67.7 cm³/mol. The van der Waals surface area contributed by atoms with Crippen molar-refractivity contribution in [1.82, 2.24) is 0 Å². The summed E-state index contributed by atoms with van der Waals surface area (Å²) >= 11 is 0. The third-order valence-corrected chi connectivity index (χ3v) is 2.71. The van der Waals surface area contributed by atoms with Gasteiger partial charge < -0.3 is 9.47 Å². The van der Waals surface area contributed by atoms with Crippen LogP contribution in [0, 0.1) is 0 Å². The normalized spacial score (nSPS) is 19.6. The molecule has 0 radical (unpaired) electrons. The summed E-state index contributed by atoms with van der Waals surface area (Å²) in [7, 11) is 0. The van der Waals surface area contributed by atoms with Gasteiger partial charge in [0.2, 0.25) is 0 Å². The molecule has 1 aliphatic carbocycles. The Bertz CT molecular complexity index is 305. The Morgan fingerprint density at radius 3 is 3.00 bits per heavy atom. The fourth-order valence-corrected chi connectivity index (χ4v) is 1.76. The van der Waals surface area contributed by atoms with Gasteiger partial charge in [0.1, 0.15) is 6.10 Å². The number of hydrogen-bond donors (Lipinski definition) is 0. The summed E-state index contributed by atoms with van der Waals surface area (Å²) in [4.78, 5) is 11.5. The topological polar surface area (TPSA) is 35.5 Å². The van der Waals surface area contributed by atoms with Gasteiger partial charge in [-0.3, -0.25) is 0 Å². The maximum Gasteiger partial charge on any atom is 0.333 e. The number of rotatable bonds is 6. The van der Waals surface area contributed by atoms with E-state index in [2.05, 4.69) is 19.6 Å². The second-order valence-electron chi connectivity index (χ2n) is 4.44. The average Bonchev–Trinajstić information content (AvgIpc) is 2.31. The van der Waals surface area contributed by atoms with Crippen LogP contribution in [0.5, 0.6) is 0 Å². The summed E-state index contributed by atoms with van der Waals surface area (Å²) < 4.78 is 10.9. The molecule has 0 aromatic carbocycles. The van der Waals surface area contributed by atoms with Gasteiger partial charge in [0.25, 0.3) is 0 Å². The van der Waals surface area contributed by atoms with E-state index in [1.807, 2.05) is 0 Å². The first-order valence-electron chi connectivity index (χ1n) is 6.28. The van der Waals surface area contributed by atoms with Gasteiger partial charge in [-0.15, -0.1) is 0 Å². The van der Waals surface area contributed by atoms with Crippen molar-refractivity contribution in [1.29, 1.82) is 0 Å². The van der Waals surface area contributed by atoms with Crippen LogP contribution in [-0.4, -0.2) is 25.3 Å². The van der Waals surface area contributed by atoms with E-state index in [9.17, 15) is 4.79 Å². The molecule has 1 atom stereocenters. The van der Waals surface area contributed by atoms with E-state index in [0.717, 1.165) is 37.9 Å². The fourth-order valence-electron chi connectivity index (χ4n) is 1.76. The summed E-state index contributed by atoms with van der Waals surface area (Å²) in [5.41, 5.74) is 1.55. The maximum atomic E-state index is 11.5. The Morgan fingerprint density at radius 1 is 1.59 bits per heavy atom. The van der Waals surface area contributed by atoms with Crippen LogP contribution in [0.3, 0.4) is 0 Å². The van der Waals surface area contributed by atoms with Gasteiger partial charge in [-0.1, -0.05) is 19.6 Å². The van der Waals surface area contributed by atoms with E-state index in [-0.39, 0.29) is 12.1 Å². The lowest BCUT2D eigenvalue weighted by Crippen LogP contribution is -2.25. The van der Waals surface area contributed by atoms with Gasteiger partial charge in [0.15, 0.2) is 0 Å². The largest absolute Gasteiger partial charge is 0.454 e. The van der Waals surface area contributed by atoms with Crippen molar-refractivity contribution < 1.29 is 14.3 Å². The first-order valence-corrected chi connectivity index (χ1v) is 6.28. The number of allylic oxidation sites excluding steroid dienone is 1. The van der Waals surface area contributed by atoms with Gasteiger partial charge in [-0.25, -0.2) is 4.79 Å². The Kier molecular flexibility index (Phi) is 5.98. The lowest BCUT2D eigenvalue weighted by atomic mass is 9.97. The van der Waals surface area contributed by atoms with Crippen LogP contribution in [-0.2, 0) is 14.3 Å². The molecule has 1 rings (SSSR count). The Balaban J connectivity index is 2.50. The van der Waals surface area contributed by atoms with Crippen LogP contribution < -0.4 is 0 Å². The molecule has 0 saturated heterocycles. The van der Waals surface area contributed by atoms with E-state index in [1.54, 1.807) is 6.92 Å². The number of ether oxygens (including phenoxy) is 2. The molecule has 0 aromatic heterocycles. The summed E-state index contributed by atoms with van der Waals surface area (Å²) in [5.74, 6) is -0.307. The third kappa shape index (κ3) is 4.73. The van der Waals surface area contributed by atoms with Gasteiger partial charge in [-0.2, -0.15) is 0 Å². The molecule has 0 aliphatic heterocycles. The monoisotopic (exact) mass is 238 g/mol. The summed E-state index contributed by atoms with van der Waals surface area (Å²) in [6.07, 6.45) is 6.02. The van der Waals surface area contributed by atoms with E-state index in [0.29, 0.717) is 12.2 Å². The van der Waals surface area contributed by atoms with Crippen molar-refractivity contribution in [3.63, 3.8) is 0 Å². The zero-order valence-electron chi connectivity index (χ0n) is 10.8. The lowest BCUT2D eigenvalue weighted by molar-refractivity contribution is -0.143. The highest BCUT2D eigenvalue weighted by atomic mass is 16.5. The van der Waals surface area contributed by atoms with E-state index >= 15 is 0 Å². The van der Waals surface area contributed by atoms with Crippen molar-refractivity contribution in [3.8, 4) is 0 Å². The number of esters is 1. The average molecular weight is 238 g/mol. The number of hydrogen-bond acceptors (Lipinski definition) is 3. The summed E-state index contributed by atoms with van der Waals surface area (Å²) in [6, 6.07) is 0. The highest BCUT2D eigenvalue weighted by Crippen LogP contribution is 2.22. The molecule has 17 heavy (non-hydrogen) atoms. The number of carbonyl (C=O) groups excluding carboxylic acids is 1.